The summed E-state index contributed by atoms with van der Waals surface area (Å²) >= 11 is 6.08. The molecule has 0 aliphatic carbocycles. The van der Waals surface area contributed by atoms with Crippen molar-refractivity contribution in [2.45, 2.75) is 6.42 Å². The number of hydrogen-bond donors (Lipinski definition) is 1. The van der Waals surface area contributed by atoms with E-state index in [2.05, 4.69) is 10.1 Å². The minimum atomic E-state index is -0.348. The number of amides is 3. The van der Waals surface area contributed by atoms with Crippen LogP contribution in [0.2, 0.25) is 5.02 Å². The Morgan fingerprint density at radius 2 is 1.82 bits per heavy atom. The highest BCUT2D eigenvalue weighted by molar-refractivity contribution is 6.31. The van der Waals surface area contributed by atoms with E-state index >= 15 is 0 Å². The van der Waals surface area contributed by atoms with Crippen LogP contribution in [0.3, 0.4) is 0 Å². The molecule has 2 rings (SSSR count). The molecule has 1 aromatic carbocycles. The summed E-state index contributed by atoms with van der Waals surface area (Å²) in [7, 11) is 1.36. The van der Waals surface area contributed by atoms with Crippen LogP contribution in [0, 0.1) is 0 Å². The maximum Gasteiger partial charge on any atom is 0.409 e. The van der Waals surface area contributed by atoms with Gasteiger partial charge in [-0.15, -0.1) is 0 Å². The van der Waals surface area contributed by atoms with Crippen molar-refractivity contribution in [2.24, 2.45) is 0 Å². The third-order valence-electron chi connectivity index (χ3n) is 3.63. The summed E-state index contributed by atoms with van der Waals surface area (Å²) in [6, 6.07) is 7.48. The summed E-state index contributed by atoms with van der Waals surface area (Å²) in [5.74, 6) is 0. The van der Waals surface area contributed by atoms with E-state index in [1.807, 2.05) is 24.3 Å². The second kappa shape index (κ2) is 7.89. The van der Waals surface area contributed by atoms with Crippen molar-refractivity contribution >= 4 is 23.7 Å². The Balaban J connectivity index is 1.72. The topological polar surface area (TPSA) is 61.9 Å². The summed E-state index contributed by atoms with van der Waals surface area (Å²) in [5, 5.41) is 3.59. The molecule has 1 heterocycles. The molecular weight excluding hydrogens is 306 g/mol. The van der Waals surface area contributed by atoms with E-state index in [0.29, 0.717) is 44.2 Å². The van der Waals surface area contributed by atoms with Gasteiger partial charge < -0.3 is 19.9 Å². The molecule has 1 aliphatic rings. The molecule has 7 heteroatoms. The van der Waals surface area contributed by atoms with E-state index in [0.717, 1.165) is 5.56 Å². The van der Waals surface area contributed by atoms with Crippen molar-refractivity contribution in [1.29, 1.82) is 0 Å². The number of carbonyl (C=O) groups is 2. The first kappa shape index (κ1) is 16.4. The number of nitrogens with one attached hydrogen (secondary N) is 1. The number of rotatable bonds is 3. The lowest BCUT2D eigenvalue weighted by molar-refractivity contribution is 0.0971. The molecule has 0 aromatic heterocycles. The van der Waals surface area contributed by atoms with Gasteiger partial charge in [0.2, 0.25) is 0 Å². The minimum absolute atomic E-state index is 0.114. The lowest BCUT2D eigenvalue weighted by Crippen LogP contribution is -2.53. The van der Waals surface area contributed by atoms with E-state index in [9.17, 15) is 9.59 Å². The number of methoxy groups -OCH3 is 1. The molecule has 0 radical (unpaired) electrons. The smallest absolute Gasteiger partial charge is 0.409 e. The Labute approximate surface area is 135 Å². The Hall–Kier alpha value is -1.95. The SMILES string of the molecule is COC(=O)N1CCN(C(=O)NCCc2ccccc2Cl)CC1. The first-order valence-corrected chi connectivity index (χ1v) is 7.58. The number of piperazine rings is 1. The highest BCUT2D eigenvalue weighted by Crippen LogP contribution is 2.14. The standard InChI is InChI=1S/C15H20ClN3O3/c1-22-15(21)19-10-8-18(9-11-19)14(20)17-7-6-12-4-2-3-5-13(12)16/h2-5H,6-11H2,1H3,(H,17,20). The van der Waals surface area contributed by atoms with Gasteiger partial charge in [-0.3, -0.25) is 0 Å². The highest BCUT2D eigenvalue weighted by Gasteiger charge is 2.24. The van der Waals surface area contributed by atoms with Crippen molar-refractivity contribution in [3.05, 3.63) is 34.9 Å². The zero-order valence-corrected chi connectivity index (χ0v) is 13.3. The zero-order valence-electron chi connectivity index (χ0n) is 12.5. The lowest BCUT2D eigenvalue weighted by atomic mass is 10.1. The quantitative estimate of drug-likeness (QED) is 0.924. The average molecular weight is 326 g/mol. The summed E-state index contributed by atoms with van der Waals surface area (Å²) < 4.78 is 4.67. The molecule has 1 N–H and O–H groups in total. The van der Waals surface area contributed by atoms with Crippen LogP contribution in [0.1, 0.15) is 5.56 Å². The van der Waals surface area contributed by atoms with Crippen LogP contribution < -0.4 is 5.32 Å². The molecule has 3 amide bonds. The fraction of sp³-hybridized carbons (Fsp3) is 0.467. The summed E-state index contributed by atoms with van der Waals surface area (Å²) in [6.07, 6.45) is 0.340. The van der Waals surface area contributed by atoms with Crippen molar-refractivity contribution in [1.82, 2.24) is 15.1 Å². The van der Waals surface area contributed by atoms with E-state index in [1.165, 1.54) is 7.11 Å². The van der Waals surface area contributed by atoms with Crippen molar-refractivity contribution in [3.8, 4) is 0 Å². The Morgan fingerprint density at radius 3 is 2.45 bits per heavy atom. The maximum atomic E-state index is 12.1. The Bertz CT molecular complexity index is 531. The van der Waals surface area contributed by atoms with Crippen LogP contribution in [0.4, 0.5) is 9.59 Å². The van der Waals surface area contributed by atoms with Gasteiger partial charge in [-0.25, -0.2) is 9.59 Å². The second-order valence-electron chi connectivity index (χ2n) is 5.02. The molecule has 1 saturated heterocycles. The van der Waals surface area contributed by atoms with E-state index in [-0.39, 0.29) is 12.1 Å². The van der Waals surface area contributed by atoms with Crippen molar-refractivity contribution in [3.63, 3.8) is 0 Å². The van der Waals surface area contributed by atoms with Crippen molar-refractivity contribution < 1.29 is 14.3 Å². The predicted molar refractivity (Wildman–Crippen MR) is 84.1 cm³/mol. The molecule has 0 spiro atoms. The number of benzene rings is 1. The molecule has 0 unspecified atom stereocenters. The zero-order chi connectivity index (χ0) is 15.9. The first-order valence-electron chi connectivity index (χ1n) is 7.21. The molecule has 1 aliphatic heterocycles. The van der Waals surface area contributed by atoms with Gasteiger partial charge in [-0.05, 0) is 18.1 Å². The van der Waals surface area contributed by atoms with Gasteiger partial charge in [0.25, 0.3) is 0 Å². The normalized spacial score (nSPS) is 14.6. The van der Waals surface area contributed by atoms with Gasteiger partial charge in [0.15, 0.2) is 0 Å². The van der Waals surface area contributed by atoms with Gasteiger partial charge >= 0.3 is 12.1 Å². The number of carbonyl (C=O) groups excluding carboxylic acids is 2. The van der Waals surface area contributed by atoms with Crippen molar-refractivity contribution in [2.75, 3.05) is 39.8 Å². The molecule has 1 aromatic rings. The predicted octanol–water partition coefficient (Wildman–Crippen LogP) is 1.98. The average Bonchev–Trinajstić information content (AvgIpc) is 2.56. The largest absolute Gasteiger partial charge is 0.453 e. The third-order valence-corrected chi connectivity index (χ3v) is 4.00. The van der Waals surface area contributed by atoms with Crippen LogP contribution in [-0.2, 0) is 11.2 Å². The monoisotopic (exact) mass is 325 g/mol. The van der Waals surface area contributed by atoms with Gasteiger partial charge in [0, 0.05) is 37.7 Å². The van der Waals surface area contributed by atoms with E-state index in [4.69, 9.17) is 11.6 Å². The van der Waals surface area contributed by atoms with Gasteiger partial charge in [0.1, 0.15) is 0 Å². The fourth-order valence-corrected chi connectivity index (χ4v) is 2.57. The van der Waals surface area contributed by atoms with Crippen LogP contribution >= 0.6 is 11.6 Å². The Morgan fingerprint density at radius 1 is 1.18 bits per heavy atom. The van der Waals surface area contributed by atoms with Crippen LogP contribution in [-0.4, -0.2) is 61.8 Å². The number of hydrogen-bond acceptors (Lipinski definition) is 3. The molecular formula is C15H20ClN3O3. The molecule has 22 heavy (non-hydrogen) atoms. The highest BCUT2D eigenvalue weighted by atomic mass is 35.5. The molecule has 1 fully saturated rings. The third kappa shape index (κ3) is 4.27. The Kier molecular flexibility index (Phi) is 5.89. The van der Waals surface area contributed by atoms with Crippen LogP contribution in [0.15, 0.2) is 24.3 Å². The molecule has 0 bridgehead atoms. The lowest BCUT2D eigenvalue weighted by Gasteiger charge is -2.33. The van der Waals surface area contributed by atoms with E-state index in [1.54, 1.807) is 9.80 Å². The summed E-state index contributed by atoms with van der Waals surface area (Å²) in [5.41, 5.74) is 1.01. The number of halogens is 1. The van der Waals surface area contributed by atoms with Gasteiger partial charge in [-0.2, -0.15) is 0 Å². The number of urea groups is 1. The number of nitrogens with zero attached hydrogens (tertiary/aromatic N) is 2. The van der Waals surface area contributed by atoms with E-state index < -0.39 is 0 Å². The van der Waals surface area contributed by atoms with Crippen LogP contribution in [0.5, 0.6) is 0 Å². The molecule has 6 nitrogen and oxygen atoms in total. The maximum absolute atomic E-state index is 12.1. The van der Waals surface area contributed by atoms with Crippen LogP contribution in [0.25, 0.3) is 0 Å². The molecule has 0 saturated carbocycles. The first-order chi connectivity index (χ1) is 10.6. The van der Waals surface area contributed by atoms with Gasteiger partial charge in [0.05, 0.1) is 7.11 Å². The van der Waals surface area contributed by atoms with Gasteiger partial charge in [-0.1, -0.05) is 29.8 Å². The fourth-order valence-electron chi connectivity index (χ4n) is 2.34. The second-order valence-corrected chi connectivity index (χ2v) is 5.42. The summed E-state index contributed by atoms with van der Waals surface area (Å²) in [6.45, 7) is 2.52. The minimum Gasteiger partial charge on any atom is -0.453 e. The molecule has 120 valence electrons. The summed E-state index contributed by atoms with van der Waals surface area (Å²) in [4.78, 5) is 26.7. The number of ether oxygens (including phenoxy) is 1. The molecule has 0 atom stereocenters.